The van der Waals surface area contributed by atoms with Gasteiger partial charge in [0.2, 0.25) is 0 Å². The number of hydrogen-bond acceptors (Lipinski definition) is 7. The number of aromatic amines is 1. The lowest BCUT2D eigenvalue weighted by molar-refractivity contribution is -0.0125. The molecule has 0 spiro atoms. The zero-order chi connectivity index (χ0) is 20.4. The van der Waals surface area contributed by atoms with Crippen molar-refractivity contribution in [2.24, 2.45) is 5.92 Å². The van der Waals surface area contributed by atoms with E-state index in [1.807, 2.05) is 0 Å². The second kappa shape index (κ2) is 8.60. The van der Waals surface area contributed by atoms with E-state index in [2.05, 4.69) is 4.98 Å². The first-order chi connectivity index (χ1) is 12.5. The van der Waals surface area contributed by atoms with E-state index in [-0.39, 0.29) is 6.42 Å². The number of methoxy groups -OCH3 is 1. The molecular weight excluding hydrogens is 422 g/mol. The first kappa shape index (κ1) is 22.4. The van der Waals surface area contributed by atoms with Crippen LogP contribution in [0.15, 0.2) is 33.7 Å². The van der Waals surface area contributed by atoms with E-state index in [0.29, 0.717) is 5.82 Å². The van der Waals surface area contributed by atoms with Gasteiger partial charge in [-0.2, -0.15) is 0 Å². The second-order valence-electron chi connectivity index (χ2n) is 5.84. The van der Waals surface area contributed by atoms with Gasteiger partial charge in [-0.1, -0.05) is 6.08 Å². The Kier molecular flexibility index (Phi) is 7.12. The molecule has 0 aliphatic heterocycles. The molecule has 0 aromatic carbocycles. The fraction of sp³-hybridized carbons (Fsp3) is 0.538. The topological polar surface area (TPSA) is 160 Å². The molecule has 14 heteroatoms. The normalized spacial score (nSPS) is 28.5. The molecule has 0 amide bonds. The molecule has 1 saturated carbocycles. The van der Waals surface area contributed by atoms with E-state index in [9.17, 15) is 19.0 Å². The Balaban J connectivity index is 2.46. The highest BCUT2D eigenvalue weighted by atomic mass is 32.5. The Morgan fingerprint density at radius 3 is 2.48 bits per heavy atom. The summed E-state index contributed by atoms with van der Waals surface area (Å²) in [5.41, 5.74) is -1.25. The summed E-state index contributed by atoms with van der Waals surface area (Å²) in [4.78, 5) is 53.8. The fourth-order valence-corrected chi connectivity index (χ4v) is 4.42. The summed E-state index contributed by atoms with van der Waals surface area (Å²) >= 11 is 4.86. The lowest BCUT2D eigenvalue weighted by Crippen LogP contribution is -2.38. The molecule has 11 nitrogen and oxygen atoms in total. The standard InChI is InChI=1S/C13H20N2O9P2S/c1-22-12-9(15-5-3-10(16)14-13(15)17)7-8(4-6-25(18,19)20)11(12)24-26(21,27)23-2/h3-6,8-9,11-12H,7H2,1-2H3,(H,21,27)(H,14,16,17)(H2,18,19,20)/b6-4+/t8-,9-,11+,12-,26?/m0/s1. The highest BCUT2D eigenvalue weighted by Crippen LogP contribution is 2.51. The van der Waals surface area contributed by atoms with Crippen LogP contribution in [0.5, 0.6) is 0 Å². The van der Waals surface area contributed by atoms with Gasteiger partial charge in [-0.05, 0) is 18.2 Å². The summed E-state index contributed by atoms with van der Waals surface area (Å²) in [7, 11) is -1.92. The third-order valence-corrected chi connectivity index (χ3v) is 6.37. The smallest absolute Gasteiger partial charge is 0.348 e. The molecule has 27 heavy (non-hydrogen) atoms. The highest BCUT2D eigenvalue weighted by Gasteiger charge is 2.47. The van der Waals surface area contributed by atoms with Crippen LogP contribution in [0.1, 0.15) is 12.5 Å². The lowest BCUT2D eigenvalue weighted by atomic mass is 10.1. The van der Waals surface area contributed by atoms with Crippen molar-refractivity contribution in [1.29, 1.82) is 0 Å². The van der Waals surface area contributed by atoms with Crippen molar-refractivity contribution in [1.82, 2.24) is 9.55 Å². The molecule has 5 atom stereocenters. The summed E-state index contributed by atoms with van der Waals surface area (Å²) in [5, 5.41) is 0. The Labute approximate surface area is 159 Å². The van der Waals surface area contributed by atoms with Crippen LogP contribution in [-0.2, 0) is 30.2 Å². The van der Waals surface area contributed by atoms with Gasteiger partial charge in [0.25, 0.3) is 5.56 Å². The molecule has 1 fully saturated rings. The van der Waals surface area contributed by atoms with Crippen LogP contribution >= 0.6 is 14.3 Å². The van der Waals surface area contributed by atoms with Crippen molar-refractivity contribution in [2.75, 3.05) is 14.2 Å². The Morgan fingerprint density at radius 2 is 1.96 bits per heavy atom. The van der Waals surface area contributed by atoms with Gasteiger partial charge in [-0.15, -0.1) is 0 Å². The predicted octanol–water partition coefficient (Wildman–Crippen LogP) is 0.0524. The third-order valence-electron chi connectivity index (χ3n) is 4.13. The van der Waals surface area contributed by atoms with Gasteiger partial charge >= 0.3 is 20.0 Å². The summed E-state index contributed by atoms with van der Waals surface area (Å²) in [5.74, 6) is 0.0583. The van der Waals surface area contributed by atoms with Crippen molar-refractivity contribution in [3.05, 3.63) is 45.0 Å². The molecule has 1 aromatic heterocycles. The van der Waals surface area contributed by atoms with Gasteiger partial charge in [-0.3, -0.25) is 18.9 Å². The fourth-order valence-electron chi connectivity index (χ4n) is 3.01. The Hall–Kier alpha value is -0.940. The van der Waals surface area contributed by atoms with Gasteiger partial charge in [0.1, 0.15) is 12.2 Å². The molecule has 1 aliphatic carbocycles. The molecule has 2 rings (SSSR count). The van der Waals surface area contributed by atoms with E-state index >= 15 is 0 Å². The van der Waals surface area contributed by atoms with Crippen molar-refractivity contribution in [2.45, 2.75) is 24.7 Å². The monoisotopic (exact) mass is 442 g/mol. The molecule has 1 aliphatic rings. The SMILES string of the molecule is CO[C@@H]1[C@H](OP(O)(=S)OC)[C@@H](/C=C/P(=O)(O)O)C[C@@H]1n1ccc(=O)[nH]c1=O. The van der Waals surface area contributed by atoms with Crippen molar-refractivity contribution >= 4 is 26.1 Å². The molecule has 0 saturated heterocycles. The van der Waals surface area contributed by atoms with Crippen LogP contribution in [0.3, 0.4) is 0 Å². The minimum absolute atomic E-state index is 0.171. The van der Waals surface area contributed by atoms with Gasteiger partial charge in [0.15, 0.2) is 0 Å². The molecule has 1 aromatic rings. The number of nitrogens with one attached hydrogen (secondary N) is 1. The van der Waals surface area contributed by atoms with Crippen molar-refractivity contribution < 1.29 is 33.0 Å². The van der Waals surface area contributed by atoms with Crippen LogP contribution in [0.4, 0.5) is 0 Å². The maximum Gasteiger partial charge on any atom is 0.348 e. The van der Waals surface area contributed by atoms with E-state index in [4.69, 9.17) is 35.4 Å². The summed E-state index contributed by atoms with van der Waals surface area (Å²) in [6, 6.07) is 0.511. The van der Waals surface area contributed by atoms with Crippen LogP contribution in [0, 0.1) is 5.92 Å². The summed E-state index contributed by atoms with van der Waals surface area (Å²) in [6.45, 7) is -3.63. The highest BCUT2D eigenvalue weighted by molar-refractivity contribution is 8.07. The largest absolute Gasteiger partial charge is 0.377 e. The number of H-pyrrole nitrogens is 1. The quantitative estimate of drug-likeness (QED) is 0.425. The first-order valence-electron chi connectivity index (χ1n) is 7.63. The van der Waals surface area contributed by atoms with Crippen LogP contribution < -0.4 is 11.2 Å². The van der Waals surface area contributed by atoms with Gasteiger partial charge in [0, 0.05) is 38.2 Å². The number of ether oxygens (including phenoxy) is 1. The van der Waals surface area contributed by atoms with Crippen LogP contribution in [-0.4, -0.2) is 50.7 Å². The number of rotatable bonds is 7. The molecule has 0 radical (unpaired) electrons. The van der Waals surface area contributed by atoms with E-state index in [0.717, 1.165) is 6.07 Å². The third kappa shape index (κ3) is 5.77. The minimum atomic E-state index is -4.44. The average molecular weight is 442 g/mol. The lowest BCUT2D eigenvalue weighted by Gasteiger charge is -2.28. The van der Waals surface area contributed by atoms with Gasteiger partial charge in [0.05, 0.1) is 6.04 Å². The maximum atomic E-state index is 12.1. The number of nitrogens with zero attached hydrogens (tertiary/aromatic N) is 1. The molecule has 152 valence electrons. The zero-order valence-corrected chi connectivity index (χ0v) is 17.0. The molecular formula is C13H20N2O9P2S. The van der Waals surface area contributed by atoms with Crippen LogP contribution in [0.2, 0.25) is 0 Å². The van der Waals surface area contributed by atoms with Crippen LogP contribution in [0.25, 0.3) is 0 Å². The average Bonchev–Trinajstić information content (AvgIpc) is 2.89. The summed E-state index contributed by atoms with van der Waals surface area (Å²) in [6.07, 6.45) is 0.932. The van der Waals surface area contributed by atoms with Crippen molar-refractivity contribution in [3.8, 4) is 0 Å². The maximum absolute atomic E-state index is 12.1. The van der Waals surface area contributed by atoms with Crippen molar-refractivity contribution in [3.63, 3.8) is 0 Å². The van der Waals surface area contributed by atoms with E-state index in [1.54, 1.807) is 0 Å². The molecule has 1 heterocycles. The second-order valence-corrected chi connectivity index (χ2v) is 10.2. The Morgan fingerprint density at radius 1 is 1.30 bits per heavy atom. The number of aromatic nitrogens is 2. The molecule has 0 bridgehead atoms. The molecule has 1 unspecified atom stereocenters. The minimum Gasteiger partial charge on any atom is -0.377 e. The van der Waals surface area contributed by atoms with E-state index in [1.165, 1.54) is 31.1 Å². The summed E-state index contributed by atoms with van der Waals surface area (Å²) < 4.78 is 28.1. The predicted molar refractivity (Wildman–Crippen MR) is 98.8 cm³/mol. The first-order valence-corrected chi connectivity index (χ1v) is 11.9. The molecule has 4 N–H and O–H groups in total. The zero-order valence-electron chi connectivity index (χ0n) is 14.4. The van der Waals surface area contributed by atoms with E-state index < -0.39 is 49.7 Å². The van der Waals surface area contributed by atoms with Gasteiger partial charge in [-0.25, -0.2) is 4.79 Å². The Bertz CT molecular complexity index is 908. The number of hydrogen-bond donors (Lipinski definition) is 4. The van der Waals surface area contributed by atoms with Gasteiger partial charge < -0.3 is 28.5 Å².